The second-order valence-corrected chi connectivity index (χ2v) is 6.09. The molecule has 0 spiro atoms. The van der Waals surface area contributed by atoms with Gasteiger partial charge in [0.1, 0.15) is 6.10 Å². The molecule has 1 rings (SSSR count). The minimum atomic E-state index is -0.667. The molecule has 4 heteroatoms. The Balaban J connectivity index is 2.85. The van der Waals surface area contributed by atoms with Crippen LogP contribution in [0.5, 0.6) is 0 Å². The standard InChI is InChI=1S/C12H24N2O2/c1-11(2,3)9(16-10(13)15)12(4)5-7-14-8-6-12/h9,14H,5-8H2,1-4H3,(H2,13,15). The molecule has 0 aromatic heterocycles. The molecular formula is C12H24N2O2. The van der Waals surface area contributed by atoms with Crippen molar-refractivity contribution in [3.05, 3.63) is 0 Å². The van der Waals surface area contributed by atoms with E-state index in [1.807, 2.05) is 0 Å². The van der Waals surface area contributed by atoms with Crippen LogP contribution < -0.4 is 11.1 Å². The van der Waals surface area contributed by atoms with Crippen LogP contribution in [-0.4, -0.2) is 25.3 Å². The first-order valence-electron chi connectivity index (χ1n) is 5.92. The van der Waals surface area contributed by atoms with Crippen molar-refractivity contribution in [1.82, 2.24) is 5.32 Å². The monoisotopic (exact) mass is 228 g/mol. The molecule has 1 fully saturated rings. The number of piperidine rings is 1. The van der Waals surface area contributed by atoms with Crippen molar-refractivity contribution >= 4 is 6.09 Å². The molecule has 3 N–H and O–H groups in total. The number of rotatable bonds is 2. The molecule has 1 aliphatic heterocycles. The van der Waals surface area contributed by atoms with Gasteiger partial charge < -0.3 is 15.8 Å². The lowest BCUT2D eigenvalue weighted by Crippen LogP contribution is -2.50. The summed E-state index contributed by atoms with van der Waals surface area (Å²) in [5.41, 5.74) is 5.12. The number of carbonyl (C=O) groups is 1. The fourth-order valence-electron chi connectivity index (χ4n) is 2.74. The molecule has 4 nitrogen and oxygen atoms in total. The molecule has 1 amide bonds. The largest absolute Gasteiger partial charge is 0.445 e. The van der Waals surface area contributed by atoms with Crippen LogP contribution in [0.2, 0.25) is 0 Å². The average molecular weight is 228 g/mol. The summed E-state index contributed by atoms with van der Waals surface area (Å²) >= 11 is 0. The van der Waals surface area contributed by atoms with Crippen LogP contribution in [0.15, 0.2) is 0 Å². The summed E-state index contributed by atoms with van der Waals surface area (Å²) in [6.07, 6.45) is 1.24. The van der Waals surface area contributed by atoms with Crippen LogP contribution in [0, 0.1) is 10.8 Å². The van der Waals surface area contributed by atoms with E-state index >= 15 is 0 Å². The third kappa shape index (κ3) is 3.11. The number of ether oxygens (including phenoxy) is 1. The molecule has 1 heterocycles. The van der Waals surface area contributed by atoms with Gasteiger partial charge in [0, 0.05) is 5.41 Å². The van der Waals surface area contributed by atoms with Crippen molar-refractivity contribution in [1.29, 1.82) is 0 Å². The van der Waals surface area contributed by atoms with Gasteiger partial charge in [-0.15, -0.1) is 0 Å². The highest BCUT2D eigenvalue weighted by Gasteiger charge is 2.44. The molecule has 1 saturated heterocycles. The van der Waals surface area contributed by atoms with Gasteiger partial charge in [-0.25, -0.2) is 4.79 Å². The summed E-state index contributed by atoms with van der Waals surface area (Å²) in [6, 6.07) is 0. The van der Waals surface area contributed by atoms with Crippen molar-refractivity contribution in [3.63, 3.8) is 0 Å². The molecular weight excluding hydrogens is 204 g/mol. The van der Waals surface area contributed by atoms with E-state index in [-0.39, 0.29) is 16.9 Å². The van der Waals surface area contributed by atoms with Crippen molar-refractivity contribution in [2.24, 2.45) is 16.6 Å². The van der Waals surface area contributed by atoms with E-state index in [0.717, 1.165) is 25.9 Å². The summed E-state index contributed by atoms with van der Waals surface area (Å²) in [6.45, 7) is 10.4. The van der Waals surface area contributed by atoms with Gasteiger partial charge in [-0.1, -0.05) is 27.7 Å². The van der Waals surface area contributed by atoms with E-state index in [1.54, 1.807) is 0 Å². The van der Waals surface area contributed by atoms with Gasteiger partial charge in [0.2, 0.25) is 0 Å². The second-order valence-electron chi connectivity index (χ2n) is 6.09. The van der Waals surface area contributed by atoms with Gasteiger partial charge >= 0.3 is 6.09 Å². The summed E-state index contributed by atoms with van der Waals surface area (Å²) in [4.78, 5) is 11.0. The van der Waals surface area contributed by atoms with Crippen LogP contribution in [-0.2, 0) is 4.74 Å². The molecule has 94 valence electrons. The normalized spacial score (nSPS) is 22.5. The van der Waals surface area contributed by atoms with Crippen molar-refractivity contribution < 1.29 is 9.53 Å². The van der Waals surface area contributed by atoms with Gasteiger partial charge in [-0.2, -0.15) is 0 Å². The zero-order valence-electron chi connectivity index (χ0n) is 10.8. The van der Waals surface area contributed by atoms with Crippen molar-refractivity contribution in [2.45, 2.75) is 46.6 Å². The molecule has 0 bridgehead atoms. The summed E-state index contributed by atoms with van der Waals surface area (Å²) in [5, 5.41) is 3.33. The van der Waals surface area contributed by atoms with Crippen molar-refractivity contribution in [2.75, 3.05) is 13.1 Å². The first-order valence-corrected chi connectivity index (χ1v) is 5.92. The maximum atomic E-state index is 11.0. The molecule has 0 aliphatic carbocycles. The van der Waals surface area contributed by atoms with Crippen LogP contribution in [0.4, 0.5) is 4.79 Å². The van der Waals surface area contributed by atoms with E-state index in [2.05, 4.69) is 33.0 Å². The fraction of sp³-hybridized carbons (Fsp3) is 0.917. The molecule has 0 aromatic rings. The minimum Gasteiger partial charge on any atom is -0.445 e. The van der Waals surface area contributed by atoms with Gasteiger partial charge in [0.15, 0.2) is 0 Å². The third-order valence-corrected chi connectivity index (χ3v) is 3.40. The Bertz CT molecular complexity index is 252. The van der Waals surface area contributed by atoms with E-state index < -0.39 is 6.09 Å². The molecule has 1 aliphatic rings. The smallest absolute Gasteiger partial charge is 0.404 e. The summed E-state index contributed by atoms with van der Waals surface area (Å²) in [5.74, 6) is 0. The number of amides is 1. The van der Waals surface area contributed by atoms with E-state index in [9.17, 15) is 4.79 Å². The highest BCUT2D eigenvalue weighted by molar-refractivity contribution is 5.65. The first-order chi connectivity index (χ1) is 7.26. The first kappa shape index (κ1) is 13.3. The predicted molar refractivity (Wildman–Crippen MR) is 64.1 cm³/mol. The Morgan fingerprint density at radius 2 is 1.88 bits per heavy atom. The SMILES string of the molecule is CC(C)(C)C(OC(N)=O)C1(C)CCNCC1. The van der Waals surface area contributed by atoms with E-state index in [0.29, 0.717) is 0 Å². The second kappa shape index (κ2) is 4.62. The molecule has 1 atom stereocenters. The Hall–Kier alpha value is -0.770. The molecule has 0 saturated carbocycles. The Labute approximate surface area is 97.9 Å². The third-order valence-electron chi connectivity index (χ3n) is 3.40. The van der Waals surface area contributed by atoms with Gasteiger partial charge in [-0.3, -0.25) is 0 Å². The number of carbonyl (C=O) groups excluding carboxylic acids is 1. The van der Waals surface area contributed by atoms with Gasteiger partial charge in [0.25, 0.3) is 0 Å². The molecule has 16 heavy (non-hydrogen) atoms. The highest BCUT2D eigenvalue weighted by atomic mass is 16.6. The maximum Gasteiger partial charge on any atom is 0.404 e. The van der Waals surface area contributed by atoms with Gasteiger partial charge in [0.05, 0.1) is 0 Å². The lowest BCUT2D eigenvalue weighted by Gasteiger charge is -2.45. The fourth-order valence-corrected chi connectivity index (χ4v) is 2.74. The molecule has 0 radical (unpaired) electrons. The molecule has 1 unspecified atom stereocenters. The number of hydrogen-bond donors (Lipinski definition) is 2. The Morgan fingerprint density at radius 3 is 2.25 bits per heavy atom. The number of primary amides is 1. The zero-order chi connectivity index (χ0) is 12.4. The average Bonchev–Trinajstić information content (AvgIpc) is 2.13. The number of nitrogens with two attached hydrogens (primary N) is 1. The van der Waals surface area contributed by atoms with Crippen LogP contribution in [0.1, 0.15) is 40.5 Å². The minimum absolute atomic E-state index is 0.0263. The summed E-state index contributed by atoms with van der Waals surface area (Å²) in [7, 11) is 0. The quantitative estimate of drug-likeness (QED) is 0.758. The van der Waals surface area contributed by atoms with Crippen LogP contribution >= 0.6 is 0 Å². The Morgan fingerprint density at radius 1 is 1.38 bits per heavy atom. The zero-order valence-corrected chi connectivity index (χ0v) is 10.8. The lowest BCUT2D eigenvalue weighted by molar-refractivity contribution is -0.0622. The summed E-state index contributed by atoms with van der Waals surface area (Å²) < 4.78 is 5.37. The van der Waals surface area contributed by atoms with E-state index in [4.69, 9.17) is 10.5 Å². The van der Waals surface area contributed by atoms with Crippen molar-refractivity contribution in [3.8, 4) is 0 Å². The number of nitrogens with one attached hydrogen (secondary N) is 1. The topological polar surface area (TPSA) is 64.3 Å². The van der Waals surface area contributed by atoms with E-state index in [1.165, 1.54) is 0 Å². The van der Waals surface area contributed by atoms with Crippen LogP contribution in [0.25, 0.3) is 0 Å². The lowest BCUT2D eigenvalue weighted by atomic mass is 9.67. The predicted octanol–water partition coefficient (Wildman–Crippen LogP) is 1.89. The maximum absolute atomic E-state index is 11.0. The Kier molecular flexibility index (Phi) is 3.84. The van der Waals surface area contributed by atoms with Gasteiger partial charge in [-0.05, 0) is 31.3 Å². The highest BCUT2D eigenvalue weighted by Crippen LogP contribution is 2.42. The van der Waals surface area contributed by atoms with Crippen LogP contribution in [0.3, 0.4) is 0 Å². The number of hydrogen-bond acceptors (Lipinski definition) is 3. The molecule has 0 aromatic carbocycles.